The van der Waals surface area contributed by atoms with Crippen LogP contribution in [-0.2, 0) is 17.6 Å². The van der Waals surface area contributed by atoms with Crippen LogP contribution in [0.1, 0.15) is 43.7 Å². The fourth-order valence-corrected chi connectivity index (χ4v) is 3.49. The molecule has 1 heterocycles. The number of carbonyl (C=O) groups is 1. The molecule has 5 heteroatoms. The largest absolute Gasteiger partial charge is 0.481 e. The summed E-state index contributed by atoms with van der Waals surface area (Å²) in [5.41, 5.74) is 9.05. The number of aryl methyl sites for hydroxylation is 2. The minimum absolute atomic E-state index is 0.00543. The molecule has 1 aromatic rings. The molecule has 0 aromatic heterocycles. The molecular formula is C19H29N3O2. The molecule has 0 radical (unpaired) electrons. The molecule has 1 fully saturated rings. The lowest BCUT2D eigenvalue weighted by Crippen LogP contribution is -2.39. The van der Waals surface area contributed by atoms with Gasteiger partial charge in [-0.2, -0.15) is 0 Å². The molecule has 132 valence electrons. The lowest BCUT2D eigenvalue weighted by molar-refractivity contribution is -0.128. The van der Waals surface area contributed by atoms with E-state index in [9.17, 15) is 4.79 Å². The molecule has 0 spiro atoms. The summed E-state index contributed by atoms with van der Waals surface area (Å²) >= 11 is 0. The van der Waals surface area contributed by atoms with E-state index < -0.39 is 6.10 Å². The molecule has 0 saturated carbocycles. The average Bonchev–Trinajstić information content (AvgIpc) is 3.13. The van der Waals surface area contributed by atoms with Gasteiger partial charge in [-0.15, -0.1) is 0 Å². The van der Waals surface area contributed by atoms with Gasteiger partial charge in [-0.1, -0.05) is 13.0 Å². The van der Waals surface area contributed by atoms with E-state index in [1.807, 2.05) is 13.0 Å². The third-order valence-corrected chi connectivity index (χ3v) is 5.02. The monoisotopic (exact) mass is 331 g/mol. The maximum Gasteiger partial charge on any atom is 0.261 e. The van der Waals surface area contributed by atoms with Crippen LogP contribution in [0.5, 0.6) is 5.75 Å². The van der Waals surface area contributed by atoms with E-state index in [1.165, 1.54) is 24.0 Å². The second kappa shape index (κ2) is 8.49. The molecule has 3 N–H and O–H groups in total. The molecule has 0 bridgehead atoms. The number of ether oxygens (including phenoxy) is 1. The summed E-state index contributed by atoms with van der Waals surface area (Å²) in [4.78, 5) is 12.4. The molecule has 1 unspecified atom stereocenters. The number of hydrogen-bond donors (Lipinski definition) is 3. The predicted octanol–water partition coefficient (Wildman–Crippen LogP) is 1.95. The Labute approximate surface area is 144 Å². The smallest absolute Gasteiger partial charge is 0.261 e. The van der Waals surface area contributed by atoms with Crippen LogP contribution in [-0.4, -0.2) is 31.6 Å². The van der Waals surface area contributed by atoms with Crippen molar-refractivity contribution >= 4 is 5.91 Å². The maximum absolute atomic E-state index is 12.4. The zero-order chi connectivity index (χ0) is 16.8. The summed E-state index contributed by atoms with van der Waals surface area (Å²) in [5, 5.41) is 3.02. The lowest BCUT2D eigenvalue weighted by Gasteiger charge is -2.20. The Morgan fingerprint density at radius 3 is 2.75 bits per heavy atom. The second-order valence-electron chi connectivity index (χ2n) is 6.86. The van der Waals surface area contributed by atoms with Crippen molar-refractivity contribution < 1.29 is 9.53 Å². The molecule has 1 aliphatic heterocycles. The van der Waals surface area contributed by atoms with E-state index in [1.54, 1.807) is 0 Å². The number of carbonyl (C=O) groups excluding carboxylic acids is 1. The number of hydrazine groups is 1. The number of fused-ring (bicyclic) bond motifs is 1. The van der Waals surface area contributed by atoms with Crippen molar-refractivity contribution in [3.63, 3.8) is 0 Å². The van der Waals surface area contributed by atoms with Gasteiger partial charge in [0.05, 0.1) is 0 Å². The van der Waals surface area contributed by atoms with Crippen molar-refractivity contribution in [2.45, 2.75) is 51.6 Å². The highest BCUT2D eigenvalue weighted by molar-refractivity contribution is 5.81. The topological polar surface area (TPSA) is 62.4 Å². The number of nitrogens with one attached hydrogen (secondary N) is 3. The second-order valence-corrected chi connectivity index (χ2v) is 6.86. The van der Waals surface area contributed by atoms with Crippen LogP contribution in [0.4, 0.5) is 0 Å². The first-order valence-corrected chi connectivity index (χ1v) is 9.28. The molecule has 24 heavy (non-hydrogen) atoms. The molecule has 1 saturated heterocycles. The van der Waals surface area contributed by atoms with Crippen LogP contribution in [0.2, 0.25) is 0 Å². The van der Waals surface area contributed by atoms with Gasteiger partial charge in [-0.05, 0) is 67.7 Å². The van der Waals surface area contributed by atoms with E-state index >= 15 is 0 Å². The van der Waals surface area contributed by atoms with Crippen LogP contribution in [0.3, 0.4) is 0 Å². The van der Waals surface area contributed by atoms with E-state index in [-0.39, 0.29) is 5.91 Å². The van der Waals surface area contributed by atoms with Crippen LogP contribution in [0, 0.1) is 5.92 Å². The summed E-state index contributed by atoms with van der Waals surface area (Å²) in [6.45, 7) is 4.64. The molecule has 2 aliphatic rings. The third kappa shape index (κ3) is 4.48. The first-order chi connectivity index (χ1) is 11.8. The first-order valence-electron chi connectivity index (χ1n) is 9.28. The average molecular weight is 331 g/mol. The lowest BCUT2D eigenvalue weighted by atomic mass is 9.92. The van der Waals surface area contributed by atoms with E-state index in [0.29, 0.717) is 18.9 Å². The number of amides is 1. The summed E-state index contributed by atoms with van der Waals surface area (Å²) in [7, 11) is 0. The Kier molecular flexibility index (Phi) is 6.10. The molecule has 1 amide bonds. The standard InChI is InChI=1S/C19H29N3O2/c1-2-18(19(23)20-10-9-14-12-21-22-13-14)24-17-8-7-15-5-3-4-6-16(15)11-17/h7-8,11,14,18,21-22H,2-6,9-10,12-13H2,1H3,(H,20,23). The quantitative estimate of drug-likeness (QED) is 0.715. The normalized spacial score (nSPS) is 18.9. The fourth-order valence-electron chi connectivity index (χ4n) is 3.49. The Bertz CT molecular complexity index is 556. The van der Waals surface area contributed by atoms with Crippen molar-refractivity contribution in [3.8, 4) is 5.75 Å². The highest BCUT2D eigenvalue weighted by Gasteiger charge is 2.20. The predicted molar refractivity (Wildman–Crippen MR) is 94.9 cm³/mol. The Hall–Kier alpha value is -1.59. The number of benzene rings is 1. The fraction of sp³-hybridized carbons (Fsp3) is 0.632. The molecular weight excluding hydrogens is 302 g/mol. The SMILES string of the molecule is CCC(Oc1ccc2c(c1)CCCC2)C(=O)NCCC1CNNC1. The van der Waals surface area contributed by atoms with Gasteiger partial charge < -0.3 is 10.1 Å². The summed E-state index contributed by atoms with van der Waals surface area (Å²) in [6.07, 6.45) is 6.07. The molecule has 1 atom stereocenters. The minimum Gasteiger partial charge on any atom is -0.481 e. The van der Waals surface area contributed by atoms with Gasteiger partial charge in [0.15, 0.2) is 6.10 Å². The molecule has 1 aliphatic carbocycles. The van der Waals surface area contributed by atoms with Crippen molar-refractivity contribution in [3.05, 3.63) is 29.3 Å². The first kappa shape index (κ1) is 17.2. The zero-order valence-electron chi connectivity index (χ0n) is 14.6. The zero-order valence-corrected chi connectivity index (χ0v) is 14.6. The van der Waals surface area contributed by atoms with E-state index in [2.05, 4.69) is 28.3 Å². The summed E-state index contributed by atoms with van der Waals surface area (Å²) in [6, 6.07) is 6.30. The van der Waals surface area contributed by atoms with Gasteiger partial charge in [-0.25, -0.2) is 0 Å². The molecule has 1 aromatic carbocycles. The Morgan fingerprint density at radius 1 is 1.25 bits per heavy atom. The van der Waals surface area contributed by atoms with Gasteiger partial charge in [0.25, 0.3) is 5.91 Å². The van der Waals surface area contributed by atoms with E-state index in [4.69, 9.17) is 4.74 Å². The molecule has 5 nitrogen and oxygen atoms in total. The highest BCUT2D eigenvalue weighted by atomic mass is 16.5. The third-order valence-electron chi connectivity index (χ3n) is 5.02. The Morgan fingerprint density at radius 2 is 2.00 bits per heavy atom. The summed E-state index contributed by atoms with van der Waals surface area (Å²) < 4.78 is 5.98. The Balaban J connectivity index is 1.50. The van der Waals surface area contributed by atoms with Gasteiger partial charge in [-0.3, -0.25) is 15.6 Å². The highest BCUT2D eigenvalue weighted by Crippen LogP contribution is 2.26. The maximum atomic E-state index is 12.4. The van der Waals surface area contributed by atoms with Crippen LogP contribution >= 0.6 is 0 Å². The van der Waals surface area contributed by atoms with Crippen molar-refractivity contribution in [1.29, 1.82) is 0 Å². The number of hydrogen-bond acceptors (Lipinski definition) is 4. The van der Waals surface area contributed by atoms with Gasteiger partial charge in [0.2, 0.25) is 0 Å². The van der Waals surface area contributed by atoms with Gasteiger partial charge in [0.1, 0.15) is 5.75 Å². The summed E-state index contributed by atoms with van der Waals surface area (Å²) in [5.74, 6) is 1.41. The van der Waals surface area contributed by atoms with Crippen molar-refractivity contribution in [1.82, 2.24) is 16.2 Å². The molecule has 3 rings (SSSR count). The van der Waals surface area contributed by atoms with Crippen LogP contribution in [0.25, 0.3) is 0 Å². The van der Waals surface area contributed by atoms with Gasteiger partial charge in [0, 0.05) is 19.6 Å². The van der Waals surface area contributed by atoms with Crippen LogP contribution in [0.15, 0.2) is 18.2 Å². The van der Waals surface area contributed by atoms with Crippen molar-refractivity contribution in [2.24, 2.45) is 5.92 Å². The minimum atomic E-state index is -0.411. The van der Waals surface area contributed by atoms with Crippen molar-refractivity contribution in [2.75, 3.05) is 19.6 Å². The van der Waals surface area contributed by atoms with E-state index in [0.717, 1.165) is 38.1 Å². The van der Waals surface area contributed by atoms with Gasteiger partial charge >= 0.3 is 0 Å². The number of rotatable bonds is 7. The van der Waals surface area contributed by atoms with Crippen LogP contribution < -0.4 is 20.9 Å².